The number of benzene rings is 2. The Morgan fingerprint density at radius 3 is 2.18 bits per heavy atom. The molecule has 152 valence electrons. The van der Waals surface area contributed by atoms with Crippen LogP contribution in [0.5, 0.6) is 0 Å². The highest BCUT2D eigenvalue weighted by Crippen LogP contribution is 2.20. The van der Waals surface area contributed by atoms with E-state index in [4.69, 9.17) is 0 Å². The van der Waals surface area contributed by atoms with Crippen molar-refractivity contribution in [2.24, 2.45) is 4.99 Å². The predicted octanol–water partition coefficient (Wildman–Crippen LogP) is 3.73. The summed E-state index contributed by atoms with van der Waals surface area (Å²) in [5, 5.41) is 6.73. The molecule has 0 fully saturated rings. The zero-order valence-electron chi connectivity index (χ0n) is 17.4. The topological polar surface area (TPSA) is 53.5 Å². The summed E-state index contributed by atoms with van der Waals surface area (Å²) >= 11 is 0. The summed E-state index contributed by atoms with van der Waals surface area (Å²) in [6.45, 7) is 7.43. The molecule has 0 amide bonds. The lowest BCUT2D eigenvalue weighted by molar-refractivity contribution is 0.640. The van der Waals surface area contributed by atoms with Crippen molar-refractivity contribution in [1.29, 1.82) is 0 Å². The lowest BCUT2D eigenvalue weighted by Gasteiger charge is -2.21. The summed E-state index contributed by atoms with van der Waals surface area (Å²) in [6.07, 6.45) is 0.961. The number of aliphatic imine (C=N–C) groups is 1. The SMILES string of the molecule is CN=C(NCCS(=O)C(C)(C)C)NCC(Cc1ccccc1)c1ccccc1. The molecule has 0 aliphatic carbocycles. The van der Waals surface area contributed by atoms with Gasteiger partial charge in [-0.25, -0.2) is 0 Å². The highest BCUT2D eigenvalue weighted by molar-refractivity contribution is 7.86. The number of nitrogens with zero attached hydrogens (tertiary/aromatic N) is 1. The predicted molar refractivity (Wildman–Crippen MR) is 121 cm³/mol. The van der Waals surface area contributed by atoms with Crippen LogP contribution >= 0.6 is 0 Å². The summed E-state index contributed by atoms with van der Waals surface area (Å²) in [7, 11) is 0.899. The van der Waals surface area contributed by atoms with Crippen molar-refractivity contribution >= 4 is 16.8 Å². The van der Waals surface area contributed by atoms with Crippen LogP contribution in [0.2, 0.25) is 0 Å². The molecule has 0 saturated carbocycles. The Labute approximate surface area is 172 Å². The fourth-order valence-corrected chi connectivity index (χ4v) is 3.84. The first-order valence-electron chi connectivity index (χ1n) is 9.82. The van der Waals surface area contributed by atoms with Crippen molar-refractivity contribution in [3.63, 3.8) is 0 Å². The molecule has 2 atom stereocenters. The first-order chi connectivity index (χ1) is 13.4. The van der Waals surface area contributed by atoms with Gasteiger partial charge in [0.1, 0.15) is 0 Å². The lowest BCUT2D eigenvalue weighted by Crippen LogP contribution is -2.42. The second-order valence-electron chi connectivity index (χ2n) is 7.84. The molecule has 4 nitrogen and oxygen atoms in total. The molecule has 5 heteroatoms. The van der Waals surface area contributed by atoms with Gasteiger partial charge in [0.15, 0.2) is 5.96 Å². The van der Waals surface area contributed by atoms with Crippen LogP contribution in [0.1, 0.15) is 37.8 Å². The summed E-state index contributed by atoms with van der Waals surface area (Å²) in [5.41, 5.74) is 2.63. The van der Waals surface area contributed by atoms with Crippen molar-refractivity contribution in [2.75, 3.05) is 25.9 Å². The molecule has 0 radical (unpaired) electrons. The number of hydrogen-bond donors (Lipinski definition) is 2. The first kappa shape index (κ1) is 22.2. The van der Waals surface area contributed by atoms with Gasteiger partial charge in [-0.1, -0.05) is 60.7 Å². The third-order valence-electron chi connectivity index (χ3n) is 4.60. The van der Waals surface area contributed by atoms with Gasteiger partial charge in [0, 0.05) is 47.4 Å². The van der Waals surface area contributed by atoms with Crippen LogP contribution in [-0.2, 0) is 17.2 Å². The molecule has 0 heterocycles. The van der Waals surface area contributed by atoms with Gasteiger partial charge in [-0.15, -0.1) is 0 Å². The smallest absolute Gasteiger partial charge is 0.191 e. The number of guanidine groups is 1. The maximum absolute atomic E-state index is 12.2. The number of hydrogen-bond acceptors (Lipinski definition) is 2. The second-order valence-corrected chi connectivity index (χ2v) is 10.2. The Balaban J connectivity index is 1.94. The summed E-state index contributed by atoms with van der Waals surface area (Å²) in [6, 6.07) is 21.1. The van der Waals surface area contributed by atoms with Gasteiger partial charge < -0.3 is 10.6 Å². The normalized spacial score (nSPS) is 14.4. The van der Waals surface area contributed by atoms with Crippen molar-refractivity contribution < 1.29 is 4.21 Å². The quantitative estimate of drug-likeness (QED) is 0.525. The van der Waals surface area contributed by atoms with E-state index in [2.05, 4.69) is 64.2 Å². The van der Waals surface area contributed by atoms with E-state index < -0.39 is 10.8 Å². The monoisotopic (exact) mass is 399 g/mol. The Kier molecular flexibility index (Phi) is 8.71. The summed E-state index contributed by atoms with van der Waals surface area (Å²) in [4.78, 5) is 4.32. The maximum atomic E-state index is 12.2. The first-order valence-corrected chi connectivity index (χ1v) is 11.1. The van der Waals surface area contributed by atoms with Crippen LogP contribution in [0, 0.1) is 0 Å². The molecule has 2 aromatic carbocycles. The van der Waals surface area contributed by atoms with Crippen LogP contribution < -0.4 is 10.6 Å². The van der Waals surface area contributed by atoms with Crippen LogP contribution in [0.3, 0.4) is 0 Å². The molecular formula is C23H33N3OS. The van der Waals surface area contributed by atoms with Gasteiger partial charge in [-0.3, -0.25) is 9.20 Å². The molecule has 0 bridgehead atoms. The molecule has 2 rings (SSSR count). The minimum atomic E-state index is -0.870. The van der Waals surface area contributed by atoms with E-state index in [1.54, 1.807) is 7.05 Å². The van der Waals surface area contributed by atoms with E-state index in [0.29, 0.717) is 18.2 Å². The number of nitrogens with one attached hydrogen (secondary N) is 2. The fourth-order valence-electron chi connectivity index (χ4n) is 2.94. The average Bonchev–Trinajstić information content (AvgIpc) is 2.70. The van der Waals surface area contributed by atoms with Gasteiger partial charge in [-0.05, 0) is 38.3 Å². The van der Waals surface area contributed by atoms with Crippen LogP contribution in [0.4, 0.5) is 0 Å². The highest BCUT2D eigenvalue weighted by atomic mass is 32.2. The van der Waals surface area contributed by atoms with Gasteiger partial charge in [-0.2, -0.15) is 0 Å². The Morgan fingerprint density at radius 2 is 1.61 bits per heavy atom. The highest BCUT2D eigenvalue weighted by Gasteiger charge is 2.19. The molecular weight excluding hydrogens is 366 g/mol. The molecule has 0 saturated heterocycles. The maximum Gasteiger partial charge on any atom is 0.191 e. The lowest BCUT2D eigenvalue weighted by atomic mass is 9.92. The standard InChI is InChI=1S/C23H33N3OS/c1-23(2,3)28(27)16-15-25-22(24-4)26-18-21(20-13-9-6-10-14-20)17-19-11-7-5-8-12-19/h5-14,21H,15-18H2,1-4H3,(H2,24,25,26). The zero-order valence-corrected chi connectivity index (χ0v) is 18.3. The Hall–Kier alpha value is -2.14. The minimum Gasteiger partial charge on any atom is -0.356 e. The molecule has 2 unspecified atom stereocenters. The molecule has 0 aliphatic heterocycles. The average molecular weight is 400 g/mol. The van der Waals surface area contributed by atoms with Crippen molar-refractivity contribution in [1.82, 2.24) is 10.6 Å². The molecule has 0 aliphatic rings. The third kappa shape index (κ3) is 7.47. The molecule has 2 N–H and O–H groups in total. The van der Waals surface area contributed by atoms with E-state index in [1.807, 2.05) is 32.9 Å². The third-order valence-corrected chi connectivity index (χ3v) is 6.54. The minimum absolute atomic E-state index is 0.188. The van der Waals surface area contributed by atoms with E-state index >= 15 is 0 Å². The zero-order chi connectivity index (χ0) is 20.4. The molecule has 28 heavy (non-hydrogen) atoms. The van der Waals surface area contributed by atoms with E-state index in [9.17, 15) is 4.21 Å². The molecule has 0 spiro atoms. The van der Waals surface area contributed by atoms with Crippen molar-refractivity contribution in [3.8, 4) is 0 Å². The van der Waals surface area contributed by atoms with E-state index in [-0.39, 0.29) is 4.75 Å². The Morgan fingerprint density at radius 1 is 1.00 bits per heavy atom. The molecule has 0 aromatic heterocycles. The second kappa shape index (κ2) is 11.0. The van der Waals surface area contributed by atoms with Gasteiger partial charge >= 0.3 is 0 Å². The fraction of sp³-hybridized carbons (Fsp3) is 0.435. The number of rotatable bonds is 8. The molecule has 2 aromatic rings. The van der Waals surface area contributed by atoms with E-state index in [0.717, 1.165) is 18.9 Å². The van der Waals surface area contributed by atoms with Crippen LogP contribution in [0.15, 0.2) is 65.7 Å². The van der Waals surface area contributed by atoms with Crippen molar-refractivity contribution in [3.05, 3.63) is 71.8 Å². The van der Waals surface area contributed by atoms with Gasteiger partial charge in [0.05, 0.1) is 0 Å². The van der Waals surface area contributed by atoms with Crippen LogP contribution in [-0.4, -0.2) is 40.8 Å². The largest absolute Gasteiger partial charge is 0.356 e. The summed E-state index contributed by atoms with van der Waals surface area (Å²) < 4.78 is 12.0. The van der Waals surface area contributed by atoms with Gasteiger partial charge in [0.2, 0.25) is 0 Å². The Bertz CT molecular complexity index is 754. The summed E-state index contributed by atoms with van der Waals surface area (Å²) in [5.74, 6) is 1.70. The van der Waals surface area contributed by atoms with Gasteiger partial charge in [0.25, 0.3) is 0 Å². The van der Waals surface area contributed by atoms with Crippen LogP contribution in [0.25, 0.3) is 0 Å². The van der Waals surface area contributed by atoms with Crippen molar-refractivity contribution in [2.45, 2.75) is 37.9 Å². The van der Waals surface area contributed by atoms with E-state index in [1.165, 1.54) is 11.1 Å².